The molecule has 4 rings (SSSR count). The molecule has 0 saturated carbocycles. The number of fused-ring (bicyclic) bond motifs is 1. The highest BCUT2D eigenvalue weighted by molar-refractivity contribution is 7.99. The third kappa shape index (κ3) is 4.42. The molecule has 0 N–H and O–H groups in total. The van der Waals surface area contributed by atoms with Gasteiger partial charge in [0.15, 0.2) is 0 Å². The van der Waals surface area contributed by atoms with Crippen LogP contribution >= 0.6 is 23.1 Å². The molecule has 0 spiro atoms. The van der Waals surface area contributed by atoms with Crippen molar-refractivity contribution >= 4 is 29.0 Å². The van der Waals surface area contributed by atoms with Gasteiger partial charge in [-0.1, -0.05) is 49.0 Å². The van der Waals surface area contributed by atoms with Crippen LogP contribution in [0.1, 0.15) is 34.7 Å². The van der Waals surface area contributed by atoms with Crippen LogP contribution in [0.3, 0.4) is 0 Å². The van der Waals surface area contributed by atoms with Crippen LogP contribution in [0.4, 0.5) is 0 Å². The van der Waals surface area contributed by atoms with Crippen LogP contribution in [-0.2, 0) is 24.2 Å². The number of rotatable bonds is 6. The van der Waals surface area contributed by atoms with Crippen molar-refractivity contribution in [3.63, 3.8) is 0 Å². The lowest BCUT2D eigenvalue weighted by atomic mass is 9.98. The summed E-state index contributed by atoms with van der Waals surface area (Å²) >= 11 is 3.10. The third-order valence-corrected chi connectivity index (χ3v) is 6.60. The van der Waals surface area contributed by atoms with Crippen molar-refractivity contribution in [3.05, 3.63) is 63.7 Å². The summed E-state index contributed by atoms with van der Waals surface area (Å²) in [4.78, 5) is 15.8. The number of hydrogen-bond donors (Lipinski definition) is 0. The summed E-state index contributed by atoms with van der Waals surface area (Å²) in [6, 6.07) is 12.4. The fourth-order valence-corrected chi connectivity index (χ4v) is 4.79. The van der Waals surface area contributed by atoms with E-state index in [0.717, 1.165) is 13.0 Å². The van der Waals surface area contributed by atoms with Gasteiger partial charge in [0.25, 0.3) is 5.22 Å². The molecule has 0 bridgehead atoms. The van der Waals surface area contributed by atoms with E-state index in [1.54, 1.807) is 11.3 Å². The smallest absolute Gasteiger partial charge is 0.277 e. The average Bonchev–Trinajstić information content (AvgIpc) is 3.35. The standard InChI is InChI=1S/C20H21N3O2S2/c1-14(15-5-3-2-4-6-15)11-18-21-22-20(25-18)27-13-19(24)23-9-7-17-16(12-23)8-10-26-17/h2-6,8,10,14H,7,9,11-13H2,1H3. The molecule has 0 saturated heterocycles. The number of benzene rings is 1. The van der Waals surface area contributed by atoms with Gasteiger partial charge in [-0.25, -0.2) is 0 Å². The monoisotopic (exact) mass is 399 g/mol. The van der Waals surface area contributed by atoms with E-state index in [-0.39, 0.29) is 5.91 Å². The Morgan fingerprint density at radius 2 is 2.15 bits per heavy atom. The zero-order valence-corrected chi connectivity index (χ0v) is 16.8. The van der Waals surface area contributed by atoms with Gasteiger partial charge in [-0.15, -0.1) is 21.5 Å². The lowest BCUT2D eigenvalue weighted by molar-refractivity contribution is -0.129. The van der Waals surface area contributed by atoms with Crippen LogP contribution in [0.15, 0.2) is 51.4 Å². The Hall–Kier alpha value is -2.12. The van der Waals surface area contributed by atoms with Crippen molar-refractivity contribution in [2.24, 2.45) is 0 Å². The normalized spacial score (nSPS) is 14.8. The minimum atomic E-state index is 0.120. The molecular formula is C20H21N3O2S2. The summed E-state index contributed by atoms with van der Waals surface area (Å²) in [7, 11) is 0. The van der Waals surface area contributed by atoms with Crippen LogP contribution < -0.4 is 0 Å². The van der Waals surface area contributed by atoms with Gasteiger partial charge in [0.2, 0.25) is 11.8 Å². The van der Waals surface area contributed by atoms with E-state index in [1.807, 2.05) is 23.1 Å². The fourth-order valence-electron chi connectivity index (χ4n) is 3.22. The molecule has 27 heavy (non-hydrogen) atoms. The Balaban J connectivity index is 1.29. The molecule has 0 fully saturated rings. The van der Waals surface area contributed by atoms with Crippen molar-refractivity contribution in [1.82, 2.24) is 15.1 Å². The van der Waals surface area contributed by atoms with Crippen LogP contribution in [0.5, 0.6) is 0 Å². The number of hydrogen-bond acceptors (Lipinski definition) is 6. The van der Waals surface area contributed by atoms with Crippen molar-refractivity contribution in [1.29, 1.82) is 0 Å². The molecule has 1 atom stereocenters. The Morgan fingerprint density at radius 1 is 1.30 bits per heavy atom. The molecule has 7 heteroatoms. The highest BCUT2D eigenvalue weighted by atomic mass is 32.2. The number of carbonyl (C=O) groups excluding carboxylic acids is 1. The van der Waals surface area contributed by atoms with Crippen molar-refractivity contribution in [2.45, 2.75) is 37.5 Å². The maximum Gasteiger partial charge on any atom is 0.277 e. The predicted octanol–water partition coefficient (Wildman–Crippen LogP) is 4.15. The molecule has 2 aromatic heterocycles. The number of thioether (sulfide) groups is 1. The maximum absolute atomic E-state index is 12.5. The van der Waals surface area contributed by atoms with E-state index in [1.165, 1.54) is 27.8 Å². The lowest BCUT2D eigenvalue weighted by Gasteiger charge is -2.26. The molecule has 5 nitrogen and oxygen atoms in total. The van der Waals surface area contributed by atoms with Gasteiger partial charge in [0, 0.05) is 24.4 Å². The number of nitrogens with zero attached hydrogens (tertiary/aromatic N) is 3. The summed E-state index contributed by atoms with van der Waals surface area (Å²) in [5, 5.41) is 10.8. The second kappa shape index (κ2) is 8.27. The van der Waals surface area contributed by atoms with Crippen molar-refractivity contribution in [2.75, 3.05) is 12.3 Å². The first kappa shape index (κ1) is 18.3. The quantitative estimate of drug-likeness (QED) is 0.583. The van der Waals surface area contributed by atoms with Crippen LogP contribution in [0, 0.1) is 0 Å². The molecule has 140 valence electrons. The van der Waals surface area contributed by atoms with Gasteiger partial charge >= 0.3 is 0 Å². The topological polar surface area (TPSA) is 59.2 Å². The van der Waals surface area contributed by atoms with Crippen LogP contribution in [-0.4, -0.2) is 33.3 Å². The van der Waals surface area contributed by atoms with E-state index in [2.05, 4.69) is 40.7 Å². The molecular weight excluding hydrogens is 378 g/mol. The molecule has 1 aliphatic rings. The van der Waals surface area contributed by atoms with E-state index in [9.17, 15) is 4.79 Å². The van der Waals surface area contributed by atoms with Gasteiger partial charge in [0.1, 0.15) is 0 Å². The number of carbonyl (C=O) groups is 1. The lowest BCUT2D eigenvalue weighted by Crippen LogP contribution is -2.36. The molecule has 1 aliphatic heterocycles. The van der Waals surface area contributed by atoms with E-state index >= 15 is 0 Å². The van der Waals surface area contributed by atoms with E-state index in [0.29, 0.717) is 35.7 Å². The molecule has 1 unspecified atom stereocenters. The second-order valence-corrected chi connectivity index (χ2v) is 8.63. The molecule has 0 radical (unpaired) electrons. The Kier molecular flexibility index (Phi) is 5.59. The summed E-state index contributed by atoms with van der Waals surface area (Å²) < 4.78 is 5.73. The third-order valence-electron chi connectivity index (χ3n) is 4.78. The second-order valence-electron chi connectivity index (χ2n) is 6.70. The molecule has 3 heterocycles. The highest BCUT2D eigenvalue weighted by Gasteiger charge is 2.22. The number of thiophene rings is 1. The fraction of sp³-hybridized carbons (Fsp3) is 0.350. The molecule has 0 aliphatic carbocycles. The van der Waals surface area contributed by atoms with E-state index < -0.39 is 0 Å². The largest absolute Gasteiger partial charge is 0.416 e. The summed E-state index contributed by atoms with van der Waals surface area (Å²) in [5.41, 5.74) is 2.53. The van der Waals surface area contributed by atoms with Crippen molar-refractivity contribution in [3.8, 4) is 0 Å². The molecule has 3 aromatic rings. The van der Waals surface area contributed by atoms with Crippen molar-refractivity contribution < 1.29 is 9.21 Å². The predicted molar refractivity (Wildman–Crippen MR) is 107 cm³/mol. The summed E-state index contributed by atoms with van der Waals surface area (Å²) in [6.45, 7) is 3.64. The van der Waals surface area contributed by atoms with E-state index in [4.69, 9.17) is 4.42 Å². The summed E-state index contributed by atoms with van der Waals surface area (Å²) in [5.74, 6) is 1.37. The Bertz CT molecular complexity index is 907. The average molecular weight is 400 g/mol. The van der Waals surface area contributed by atoms with Gasteiger partial charge in [0.05, 0.1) is 5.75 Å². The minimum Gasteiger partial charge on any atom is -0.416 e. The number of amides is 1. The van der Waals surface area contributed by atoms with Gasteiger partial charge in [-0.2, -0.15) is 0 Å². The minimum absolute atomic E-state index is 0.120. The summed E-state index contributed by atoms with van der Waals surface area (Å²) in [6.07, 6.45) is 1.64. The SMILES string of the molecule is CC(Cc1nnc(SCC(=O)N2CCc3sccc3C2)o1)c1ccccc1. The molecule has 1 aromatic carbocycles. The Labute approximate surface area is 166 Å². The number of aromatic nitrogens is 2. The Morgan fingerprint density at radius 3 is 3.00 bits per heavy atom. The van der Waals surface area contributed by atoms with Gasteiger partial charge < -0.3 is 9.32 Å². The molecule has 1 amide bonds. The van der Waals surface area contributed by atoms with Crippen LogP contribution in [0.25, 0.3) is 0 Å². The van der Waals surface area contributed by atoms with Gasteiger partial charge in [-0.05, 0) is 34.9 Å². The van der Waals surface area contributed by atoms with Gasteiger partial charge in [-0.3, -0.25) is 4.79 Å². The first-order valence-corrected chi connectivity index (χ1v) is 10.9. The maximum atomic E-state index is 12.5. The first-order valence-electron chi connectivity index (χ1n) is 9.02. The van der Waals surface area contributed by atoms with Crippen LogP contribution in [0.2, 0.25) is 0 Å². The first-order chi connectivity index (χ1) is 13.2. The zero-order valence-electron chi connectivity index (χ0n) is 15.1. The zero-order chi connectivity index (χ0) is 18.6. The highest BCUT2D eigenvalue weighted by Crippen LogP contribution is 2.26.